The fraction of sp³-hybridized carbons (Fsp3) is 0.500. The maximum Gasteiger partial charge on any atom is 0.255 e. The van der Waals surface area contributed by atoms with E-state index in [2.05, 4.69) is 15.9 Å². The molecule has 2 aliphatic rings. The monoisotopic (exact) mass is 400 g/mol. The van der Waals surface area contributed by atoms with E-state index in [-0.39, 0.29) is 17.9 Å². The first-order valence-electron chi connectivity index (χ1n) is 7.71. The Balaban J connectivity index is 1.61. The Bertz CT molecular complexity index is 611. The van der Waals surface area contributed by atoms with Crippen LogP contribution in [0.25, 0.3) is 0 Å². The van der Waals surface area contributed by atoms with Gasteiger partial charge in [-0.1, -0.05) is 27.5 Å². The Hall–Kier alpha value is -1.11. The zero-order chi connectivity index (χ0) is 16.4. The first-order valence-corrected chi connectivity index (χ1v) is 8.88. The van der Waals surface area contributed by atoms with Crippen LogP contribution < -0.4 is 0 Å². The van der Waals surface area contributed by atoms with Crippen LogP contribution in [0.5, 0.6) is 0 Å². The Kier molecular flexibility index (Phi) is 5.24. The average molecular weight is 402 g/mol. The second-order valence-electron chi connectivity index (χ2n) is 5.74. The average Bonchev–Trinajstić information content (AvgIpc) is 3.10. The number of carbonyl (C=O) groups is 2. The molecular weight excluding hydrogens is 384 g/mol. The molecule has 2 aliphatic heterocycles. The van der Waals surface area contributed by atoms with Crippen LogP contribution in [0.1, 0.15) is 23.2 Å². The molecule has 0 bridgehead atoms. The van der Waals surface area contributed by atoms with Crippen molar-refractivity contribution in [3.8, 4) is 0 Å². The molecule has 1 aromatic rings. The lowest BCUT2D eigenvalue weighted by atomic mass is 10.1. The molecule has 1 atom stereocenters. The molecule has 23 heavy (non-hydrogen) atoms. The van der Waals surface area contributed by atoms with Gasteiger partial charge in [0.15, 0.2) is 0 Å². The Morgan fingerprint density at radius 1 is 1.17 bits per heavy atom. The number of ether oxygens (including phenoxy) is 1. The van der Waals surface area contributed by atoms with Gasteiger partial charge in [0.25, 0.3) is 11.8 Å². The second-order valence-corrected chi connectivity index (χ2v) is 7.07. The van der Waals surface area contributed by atoms with Crippen molar-refractivity contribution in [2.24, 2.45) is 0 Å². The first kappa shape index (κ1) is 16.7. The van der Waals surface area contributed by atoms with Gasteiger partial charge in [0.05, 0.1) is 10.6 Å². The summed E-state index contributed by atoms with van der Waals surface area (Å²) in [7, 11) is 0. The molecule has 2 saturated heterocycles. The molecule has 0 spiro atoms. The first-order chi connectivity index (χ1) is 11.1. The van der Waals surface area contributed by atoms with Crippen molar-refractivity contribution in [1.29, 1.82) is 0 Å². The molecule has 0 aromatic heterocycles. The van der Waals surface area contributed by atoms with E-state index in [1.54, 1.807) is 28.0 Å². The van der Waals surface area contributed by atoms with E-state index in [1.165, 1.54) is 0 Å². The van der Waals surface area contributed by atoms with Crippen LogP contribution in [-0.2, 0) is 9.53 Å². The molecule has 2 fully saturated rings. The van der Waals surface area contributed by atoms with Crippen molar-refractivity contribution in [3.05, 3.63) is 33.3 Å². The minimum atomic E-state index is -0.295. The minimum absolute atomic E-state index is 0.0510. The normalized spacial score (nSPS) is 21.6. The number of piperazine rings is 1. The third kappa shape index (κ3) is 3.70. The number of amides is 2. The molecule has 2 heterocycles. The van der Waals surface area contributed by atoms with Crippen molar-refractivity contribution < 1.29 is 14.3 Å². The number of hydrogen-bond acceptors (Lipinski definition) is 3. The van der Waals surface area contributed by atoms with Crippen molar-refractivity contribution in [1.82, 2.24) is 9.80 Å². The van der Waals surface area contributed by atoms with E-state index in [0.717, 1.165) is 17.3 Å². The predicted octanol–water partition coefficient (Wildman–Crippen LogP) is 2.57. The molecule has 0 aliphatic carbocycles. The van der Waals surface area contributed by atoms with E-state index in [4.69, 9.17) is 16.3 Å². The molecular formula is C16H18BrClN2O3. The van der Waals surface area contributed by atoms with Gasteiger partial charge < -0.3 is 14.5 Å². The second kappa shape index (κ2) is 7.20. The largest absolute Gasteiger partial charge is 0.368 e. The summed E-state index contributed by atoms with van der Waals surface area (Å²) in [5.74, 6) is -0.0457. The molecule has 1 aromatic carbocycles. The van der Waals surface area contributed by atoms with Crippen molar-refractivity contribution in [2.45, 2.75) is 18.9 Å². The van der Waals surface area contributed by atoms with Gasteiger partial charge in [0.1, 0.15) is 6.10 Å². The third-order valence-corrected chi connectivity index (χ3v) is 5.07. The van der Waals surface area contributed by atoms with Gasteiger partial charge in [0, 0.05) is 37.3 Å². The predicted molar refractivity (Wildman–Crippen MR) is 90.6 cm³/mol. The van der Waals surface area contributed by atoms with Crippen LogP contribution in [0.15, 0.2) is 22.7 Å². The molecule has 0 radical (unpaired) electrons. The minimum Gasteiger partial charge on any atom is -0.368 e. The van der Waals surface area contributed by atoms with Crippen LogP contribution in [0, 0.1) is 0 Å². The molecule has 7 heteroatoms. The summed E-state index contributed by atoms with van der Waals surface area (Å²) < 4.78 is 6.26. The van der Waals surface area contributed by atoms with Crippen LogP contribution in [0.3, 0.4) is 0 Å². The zero-order valence-electron chi connectivity index (χ0n) is 12.6. The summed E-state index contributed by atoms with van der Waals surface area (Å²) in [5, 5.41) is 0.441. The molecule has 5 nitrogen and oxygen atoms in total. The quantitative estimate of drug-likeness (QED) is 0.765. The smallest absolute Gasteiger partial charge is 0.255 e. The Morgan fingerprint density at radius 3 is 2.52 bits per heavy atom. The molecule has 3 rings (SSSR count). The number of benzene rings is 1. The lowest BCUT2D eigenvalue weighted by Crippen LogP contribution is -2.52. The van der Waals surface area contributed by atoms with Crippen LogP contribution >= 0.6 is 27.5 Å². The van der Waals surface area contributed by atoms with Gasteiger partial charge >= 0.3 is 0 Å². The van der Waals surface area contributed by atoms with Crippen molar-refractivity contribution >= 4 is 39.3 Å². The van der Waals surface area contributed by atoms with E-state index in [1.807, 2.05) is 0 Å². The highest BCUT2D eigenvalue weighted by molar-refractivity contribution is 9.10. The van der Waals surface area contributed by atoms with E-state index in [9.17, 15) is 9.59 Å². The summed E-state index contributed by atoms with van der Waals surface area (Å²) in [5.41, 5.74) is 0.486. The fourth-order valence-electron chi connectivity index (χ4n) is 2.94. The highest BCUT2D eigenvalue weighted by Crippen LogP contribution is 2.23. The Morgan fingerprint density at radius 2 is 1.87 bits per heavy atom. The van der Waals surface area contributed by atoms with Crippen LogP contribution in [0.2, 0.25) is 5.02 Å². The zero-order valence-corrected chi connectivity index (χ0v) is 15.0. The van der Waals surface area contributed by atoms with E-state index < -0.39 is 0 Å². The summed E-state index contributed by atoms with van der Waals surface area (Å²) in [6, 6.07) is 5.24. The number of halogens is 2. The number of hydrogen-bond donors (Lipinski definition) is 0. The molecule has 124 valence electrons. The standard InChI is InChI=1S/C16H18BrClN2O3/c17-11-3-4-13(18)12(10-11)15(21)19-5-7-20(8-6-19)16(22)14-2-1-9-23-14/h3-4,10,14H,1-2,5-9H2. The summed E-state index contributed by atoms with van der Waals surface area (Å²) in [6.07, 6.45) is 1.44. The molecule has 2 amide bonds. The van der Waals surface area contributed by atoms with Gasteiger partial charge in [-0.2, -0.15) is 0 Å². The van der Waals surface area contributed by atoms with Gasteiger partial charge in [-0.3, -0.25) is 9.59 Å². The highest BCUT2D eigenvalue weighted by atomic mass is 79.9. The molecule has 1 unspecified atom stereocenters. The molecule has 0 saturated carbocycles. The number of rotatable bonds is 2. The lowest BCUT2D eigenvalue weighted by molar-refractivity contribution is -0.142. The van der Waals surface area contributed by atoms with Crippen molar-refractivity contribution in [2.75, 3.05) is 32.8 Å². The number of nitrogens with zero attached hydrogens (tertiary/aromatic N) is 2. The maximum absolute atomic E-state index is 12.6. The van der Waals surface area contributed by atoms with E-state index in [0.29, 0.717) is 43.4 Å². The van der Waals surface area contributed by atoms with Crippen molar-refractivity contribution in [3.63, 3.8) is 0 Å². The van der Waals surface area contributed by atoms with Gasteiger partial charge in [-0.05, 0) is 31.0 Å². The highest BCUT2D eigenvalue weighted by Gasteiger charge is 2.31. The fourth-order valence-corrected chi connectivity index (χ4v) is 3.50. The van der Waals surface area contributed by atoms with Gasteiger partial charge in [-0.25, -0.2) is 0 Å². The topological polar surface area (TPSA) is 49.9 Å². The summed E-state index contributed by atoms with van der Waals surface area (Å²) in [6.45, 7) is 2.77. The SMILES string of the molecule is O=C(c1cc(Br)ccc1Cl)N1CCN(C(=O)C2CCCO2)CC1. The molecule has 0 N–H and O–H groups in total. The van der Waals surface area contributed by atoms with E-state index >= 15 is 0 Å². The summed E-state index contributed by atoms with van der Waals surface area (Å²) >= 11 is 9.48. The maximum atomic E-state index is 12.6. The van der Waals surface area contributed by atoms with Gasteiger partial charge in [-0.15, -0.1) is 0 Å². The third-order valence-electron chi connectivity index (χ3n) is 4.24. The lowest BCUT2D eigenvalue weighted by Gasteiger charge is -2.35. The Labute approximate surface area is 148 Å². The number of carbonyl (C=O) groups excluding carboxylic acids is 2. The summed E-state index contributed by atoms with van der Waals surface area (Å²) in [4.78, 5) is 28.5. The van der Waals surface area contributed by atoms with Gasteiger partial charge in [0.2, 0.25) is 0 Å². The van der Waals surface area contributed by atoms with Crippen LogP contribution in [0.4, 0.5) is 0 Å². The van der Waals surface area contributed by atoms with Crippen LogP contribution in [-0.4, -0.2) is 60.5 Å².